The fourth-order valence-corrected chi connectivity index (χ4v) is 4.01. The van der Waals surface area contributed by atoms with Gasteiger partial charge >= 0.3 is 0 Å². The number of hydrazine groups is 1. The van der Waals surface area contributed by atoms with Gasteiger partial charge in [0.2, 0.25) is 5.91 Å². The van der Waals surface area contributed by atoms with E-state index in [1.54, 1.807) is 25.1 Å². The van der Waals surface area contributed by atoms with E-state index in [2.05, 4.69) is 20.8 Å². The minimum Gasteiger partial charge on any atom is -0.298 e. The summed E-state index contributed by atoms with van der Waals surface area (Å²) < 4.78 is 1.38. The Morgan fingerprint density at radius 3 is 2.58 bits per heavy atom. The van der Waals surface area contributed by atoms with E-state index in [1.165, 1.54) is 22.2 Å². The van der Waals surface area contributed by atoms with E-state index < -0.39 is 11.8 Å². The summed E-state index contributed by atoms with van der Waals surface area (Å²) in [6.07, 6.45) is 1.43. The van der Waals surface area contributed by atoms with Crippen LogP contribution in [0.2, 0.25) is 0 Å². The summed E-state index contributed by atoms with van der Waals surface area (Å²) in [4.78, 5) is 46.2. The second-order valence-electron chi connectivity index (χ2n) is 6.81. The average Bonchev–Trinajstić information content (AvgIpc) is 3.19. The normalized spacial score (nSPS) is 10.7. The van der Waals surface area contributed by atoms with Gasteiger partial charge in [-0.1, -0.05) is 42.5 Å². The second kappa shape index (κ2) is 8.88. The summed E-state index contributed by atoms with van der Waals surface area (Å²) in [7, 11) is 0. The van der Waals surface area contributed by atoms with Crippen LogP contribution in [-0.4, -0.2) is 26.3 Å². The molecule has 0 saturated carbocycles. The molecule has 4 rings (SSSR count). The van der Waals surface area contributed by atoms with Crippen LogP contribution in [0.5, 0.6) is 0 Å². The smallest absolute Gasteiger partial charge is 0.281 e. The van der Waals surface area contributed by atoms with Gasteiger partial charge in [0.15, 0.2) is 0 Å². The number of rotatable bonds is 5. The van der Waals surface area contributed by atoms with Crippen LogP contribution in [-0.2, 0) is 11.3 Å². The van der Waals surface area contributed by atoms with Crippen LogP contribution < -0.4 is 16.4 Å². The number of thiazole rings is 1. The molecule has 0 spiro atoms. The molecule has 2 aromatic heterocycles. The van der Waals surface area contributed by atoms with Crippen LogP contribution in [0.25, 0.3) is 21.5 Å². The first-order valence-corrected chi connectivity index (χ1v) is 10.4. The van der Waals surface area contributed by atoms with Gasteiger partial charge in [0.1, 0.15) is 9.88 Å². The van der Waals surface area contributed by atoms with Crippen molar-refractivity contribution in [1.82, 2.24) is 25.4 Å². The molecule has 0 atom stereocenters. The SMILES string of the molecule is Cc1nc(-c2ccccc2)sc1C(=O)NNC(=O)CCn1cnc2ccccc2c1=O. The molecule has 0 saturated heterocycles. The van der Waals surface area contributed by atoms with Gasteiger partial charge in [-0.15, -0.1) is 11.3 Å². The number of fused-ring (bicyclic) bond motifs is 1. The summed E-state index contributed by atoms with van der Waals surface area (Å²) in [5, 5.41) is 1.23. The van der Waals surface area contributed by atoms with Gasteiger partial charge in [-0.2, -0.15) is 0 Å². The van der Waals surface area contributed by atoms with E-state index in [0.29, 0.717) is 21.5 Å². The summed E-state index contributed by atoms with van der Waals surface area (Å²) in [6, 6.07) is 16.6. The van der Waals surface area contributed by atoms with Crippen molar-refractivity contribution in [3.05, 3.63) is 81.8 Å². The highest BCUT2D eigenvalue weighted by Gasteiger charge is 2.17. The van der Waals surface area contributed by atoms with Crippen molar-refractivity contribution in [1.29, 1.82) is 0 Å². The van der Waals surface area contributed by atoms with Crippen LogP contribution in [0.4, 0.5) is 0 Å². The minimum absolute atomic E-state index is 0.0111. The number of hydrogen-bond donors (Lipinski definition) is 2. The van der Waals surface area contributed by atoms with Crippen molar-refractivity contribution in [2.24, 2.45) is 0 Å². The molecule has 2 amide bonds. The van der Waals surface area contributed by atoms with Crippen molar-refractivity contribution in [3.8, 4) is 10.6 Å². The molecule has 0 aliphatic heterocycles. The number of carbonyl (C=O) groups excluding carboxylic acids is 2. The molecule has 2 aromatic carbocycles. The highest BCUT2D eigenvalue weighted by atomic mass is 32.1. The Balaban J connectivity index is 1.35. The number of carbonyl (C=O) groups is 2. The molecule has 156 valence electrons. The van der Waals surface area contributed by atoms with Crippen LogP contribution in [0.3, 0.4) is 0 Å². The lowest BCUT2D eigenvalue weighted by molar-refractivity contribution is -0.122. The maximum Gasteiger partial charge on any atom is 0.281 e. The third kappa shape index (κ3) is 4.51. The van der Waals surface area contributed by atoms with Gasteiger partial charge in [0, 0.05) is 18.5 Å². The fourth-order valence-electron chi connectivity index (χ4n) is 3.04. The molecule has 2 heterocycles. The van der Waals surface area contributed by atoms with Gasteiger partial charge in [-0.3, -0.25) is 29.8 Å². The number of nitrogens with one attached hydrogen (secondary N) is 2. The first kappa shape index (κ1) is 20.4. The lowest BCUT2D eigenvalue weighted by Gasteiger charge is -2.08. The molecule has 4 aromatic rings. The summed E-state index contributed by atoms with van der Waals surface area (Å²) in [6.45, 7) is 1.90. The Morgan fingerprint density at radius 1 is 1.03 bits per heavy atom. The quantitative estimate of drug-likeness (QED) is 0.471. The Morgan fingerprint density at radius 2 is 1.77 bits per heavy atom. The van der Waals surface area contributed by atoms with Gasteiger partial charge < -0.3 is 0 Å². The molecule has 0 aliphatic rings. The third-order valence-electron chi connectivity index (χ3n) is 4.65. The molecule has 9 heteroatoms. The van der Waals surface area contributed by atoms with E-state index in [4.69, 9.17) is 0 Å². The highest BCUT2D eigenvalue weighted by molar-refractivity contribution is 7.17. The lowest BCUT2D eigenvalue weighted by Crippen LogP contribution is -2.42. The van der Waals surface area contributed by atoms with E-state index in [9.17, 15) is 14.4 Å². The Kier molecular flexibility index (Phi) is 5.85. The zero-order valence-corrected chi connectivity index (χ0v) is 17.5. The number of aromatic nitrogens is 3. The zero-order valence-electron chi connectivity index (χ0n) is 16.7. The number of aryl methyl sites for hydroxylation is 2. The van der Waals surface area contributed by atoms with E-state index in [0.717, 1.165) is 10.6 Å². The van der Waals surface area contributed by atoms with Gasteiger partial charge in [-0.25, -0.2) is 9.97 Å². The Labute approximate surface area is 181 Å². The third-order valence-corrected chi connectivity index (χ3v) is 5.86. The highest BCUT2D eigenvalue weighted by Crippen LogP contribution is 2.27. The Bertz CT molecular complexity index is 1310. The Hall–Kier alpha value is -3.85. The van der Waals surface area contributed by atoms with Crippen molar-refractivity contribution in [3.63, 3.8) is 0 Å². The molecule has 0 unspecified atom stereocenters. The second-order valence-corrected chi connectivity index (χ2v) is 7.81. The standard InChI is InChI=1S/C22H19N5O3S/c1-14-19(31-21(24-14)15-7-3-2-4-8-15)20(29)26-25-18(28)11-12-27-13-23-17-10-6-5-9-16(17)22(27)30/h2-10,13H,11-12H2,1H3,(H,25,28)(H,26,29). The van der Waals surface area contributed by atoms with Crippen LogP contribution in [0.15, 0.2) is 65.7 Å². The predicted octanol–water partition coefficient (Wildman–Crippen LogP) is 2.68. The zero-order chi connectivity index (χ0) is 21.8. The summed E-state index contributed by atoms with van der Waals surface area (Å²) in [5.41, 5.74) is 6.71. The maximum absolute atomic E-state index is 12.5. The fraction of sp³-hybridized carbons (Fsp3) is 0.136. The van der Waals surface area contributed by atoms with E-state index >= 15 is 0 Å². The van der Waals surface area contributed by atoms with Crippen molar-refractivity contribution < 1.29 is 9.59 Å². The monoisotopic (exact) mass is 433 g/mol. The number of para-hydroxylation sites is 1. The van der Waals surface area contributed by atoms with Gasteiger partial charge in [0.25, 0.3) is 11.5 Å². The molecule has 0 aliphatic carbocycles. The molecule has 8 nitrogen and oxygen atoms in total. The molecule has 0 bridgehead atoms. The van der Waals surface area contributed by atoms with Gasteiger partial charge in [0.05, 0.1) is 22.9 Å². The molecule has 0 fully saturated rings. The van der Waals surface area contributed by atoms with Crippen LogP contribution in [0.1, 0.15) is 21.8 Å². The van der Waals surface area contributed by atoms with Crippen molar-refractivity contribution in [2.75, 3.05) is 0 Å². The molecule has 0 radical (unpaired) electrons. The van der Waals surface area contributed by atoms with Crippen molar-refractivity contribution in [2.45, 2.75) is 19.9 Å². The summed E-state index contributed by atoms with van der Waals surface area (Å²) >= 11 is 1.26. The first-order chi connectivity index (χ1) is 15.0. The number of benzene rings is 2. The van der Waals surface area contributed by atoms with Crippen molar-refractivity contribution >= 4 is 34.1 Å². The number of amides is 2. The first-order valence-electron chi connectivity index (χ1n) is 9.59. The average molecular weight is 433 g/mol. The van der Waals surface area contributed by atoms with Crippen LogP contribution in [0, 0.1) is 6.92 Å². The molecular weight excluding hydrogens is 414 g/mol. The van der Waals surface area contributed by atoms with Crippen LogP contribution >= 0.6 is 11.3 Å². The predicted molar refractivity (Wildman–Crippen MR) is 119 cm³/mol. The number of nitrogens with zero attached hydrogens (tertiary/aromatic N) is 3. The number of hydrogen-bond acceptors (Lipinski definition) is 6. The lowest BCUT2D eigenvalue weighted by atomic mass is 10.2. The topological polar surface area (TPSA) is 106 Å². The minimum atomic E-state index is -0.435. The largest absolute Gasteiger partial charge is 0.298 e. The van der Waals surface area contributed by atoms with E-state index in [-0.39, 0.29) is 18.5 Å². The molecule has 31 heavy (non-hydrogen) atoms. The van der Waals surface area contributed by atoms with Gasteiger partial charge in [-0.05, 0) is 19.1 Å². The molecular formula is C22H19N5O3S. The maximum atomic E-state index is 12.5. The summed E-state index contributed by atoms with van der Waals surface area (Å²) in [5.74, 6) is -0.853. The van der Waals surface area contributed by atoms with E-state index in [1.807, 2.05) is 36.4 Å². The molecule has 2 N–H and O–H groups in total.